The normalized spacial score (nSPS) is 18.8. The molecule has 3 rings (SSSR count). The number of carbonyl (C=O) groups is 3. The Labute approximate surface area is 119 Å². The van der Waals surface area contributed by atoms with Gasteiger partial charge in [-0.3, -0.25) is 0 Å². The third-order valence-corrected chi connectivity index (χ3v) is 2.41. The highest BCUT2D eigenvalue weighted by Gasteiger charge is 2.38. The summed E-state index contributed by atoms with van der Waals surface area (Å²) in [5, 5.41) is 26.8. The van der Waals surface area contributed by atoms with Crippen molar-refractivity contribution < 1.29 is 29.7 Å². The van der Waals surface area contributed by atoms with E-state index in [0.717, 1.165) is 4.90 Å². The molecule has 0 unspecified atom stereocenters. The van der Waals surface area contributed by atoms with Crippen molar-refractivity contribution in [3.8, 4) is 0 Å². The molecule has 13 heteroatoms. The number of hydrogen-bond donors (Lipinski definition) is 3. The Morgan fingerprint density at radius 1 is 0.591 bits per heavy atom. The van der Waals surface area contributed by atoms with E-state index in [1.807, 2.05) is 0 Å². The van der Waals surface area contributed by atoms with Crippen LogP contribution in [0.3, 0.4) is 0 Å². The lowest BCUT2D eigenvalue weighted by Gasteiger charge is -2.28. The molecule has 0 aromatic carbocycles. The first-order valence-electron chi connectivity index (χ1n) is 5.39. The van der Waals surface area contributed by atoms with E-state index >= 15 is 0 Å². The van der Waals surface area contributed by atoms with E-state index in [1.165, 1.54) is 0 Å². The van der Waals surface area contributed by atoms with Crippen LogP contribution in [0.2, 0.25) is 0 Å². The summed E-state index contributed by atoms with van der Waals surface area (Å²) in [7, 11) is 0. The van der Waals surface area contributed by atoms with Crippen LogP contribution in [0.15, 0.2) is 30.0 Å². The molecular weight excluding hydrogens is 302 g/mol. The standard InChI is InChI=1S/C9H3N7O6/c17-4(18)1-10-7-12-2(5(19)20)14-9-15-3(6(21)22)13-8(11-1)16(7)9/h(H,17,18)(H,19,20)(H,21,22). The first-order valence-corrected chi connectivity index (χ1v) is 5.39. The maximum Gasteiger partial charge on any atom is 0.374 e. The minimum absolute atomic E-state index is 0.387. The van der Waals surface area contributed by atoms with Crippen LogP contribution in [0.5, 0.6) is 0 Å². The van der Waals surface area contributed by atoms with Crippen molar-refractivity contribution in [2.45, 2.75) is 0 Å². The molecule has 22 heavy (non-hydrogen) atoms. The first kappa shape index (κ1) is 13.2. The van der Waals surface area contributed by atoms with Crippen molar-refractivity contribution in [1.29, 1.82) is 0 Å². The zero-order valence-corrected chi connectivity index (χ0v) is 10.2. The predicted octanol–water partition coefficient (Wildman–Crippen LogP) is -2.15. The van der Waals surface area contributed by atoms with Gasteiger partial charge in [0.15, 0.2) is 0 Å². The van der Waals surface area contributed by atoms with E-state index in [9.17, 15) is 14.4 Å². The molecule has 13 nitrogen and oxygen atoms in total. The van der Waals surface area contributed by atoms with Gasteiger partial charge in [-0.1, -0.05) is 0 Å². The number of carboxylic acid groups (broad SMARTS) is 3. The molecule has 0 aliphatic carbocycles. The van der Waals surface area contributed by atoms with Gasteiger partial charge in [-0.2, -0.15) is 30.0 Å². The fraction of sp³-hybridized carbons (Fsp3) is 0. The molecule has 0 atom stereocenters. The van der Waals surface area contributed by atoms with E-state index in [1.54, 1.807) is 0 Å². The van der Waals surface area contributed by atoms with Crippen molar-refractivity contribution in [1.82, 2.24) is 4.90 Å². The van der Waals surface area contributed by atoms with E-state index in [4.69, 9.17) is 15.3 Å². The summed E-state index contributed by atoms with van der Waals surface area (Å²) in [5.74, 6) is -7.92. The largest absolute Gasteiger partial charge is 0.475 e. The molecule has 0 fully saturated rings. The predicted molar refractivity (Wildman–Crippen MR) is 69.4 cm³/mol. The smallest absolute Gasteiger partial charge is 0.374 e. The SMILES string of the molecule is O=C(O)C1=NC2=NC(C(=O)O)=NC3=NC(C(=O)O)=NC(=N1)N23. The Morgan fingerprint density at radius 3 is 1.09 bits per heavy atom. The number of carboxylic acids is 3. The van der Waals surface area contributed by atoms with E-state index in [0.29, 0.717) is 0 Å². The maximum atomic E-state index is 11.0. The summed E-state index contributed by atoms with van der Waals surface area (Å²) >= 11 is 0. The molecular formula is C9H3N7O6. The summed E-state index contributed by atoms with van der Waals surface area (Å²) in [6.07, 6.45) is 0. The lowest BCUT2D eigenvalue weighted by Crippen LogP contribution is -2.49. The molecule has 0 bridgehead atoms. The van der Waals surface area contributed by atoms with Crippen LogP contribution < -0.4 is 0 Å². The molecule has 0 aromatic heterocycles. The van der Waals surface area contributed by atoms with Crippen LogP contribution in [0.25, 0.3) is 0 Å². The zero-order chi connectivity index (χ0) is 16.0. The fourth-order valence-corrected chi connectivity index (χ4v) is 1.57. The van der Waals surface area contributed by atoms with Crippen LogP contribution in [-0.2, 0) is 14.4 Å². The molecule has 0 saturated carbocycles. The Balaban J connectivity index is 2.23. The molecule has 0 spiro atoms. The summed E-state index contributed by atoms with van der Waals surface area (Å²) in [4.78, 5) is 55.2. The van der Waals surface area contributed by atoms with Crippen molar-refractivity contribution in [3.63, 3.8) is 0 Å². The second-order valence-corrected chi connectivity index (χ2v) is 3.79. The summed E-state index contributed by atoms with van der Waals surface area (Å²) in [5.41, 5.74) is 0. The Bertz CT molecular complexity index is 720. The summed E-state index contributed by atoms with van der Waals surface area (Å²) < 4.78 is 0. The van der Waals surface area contributed by atoms with Crippen molar-refractivity contribution in [3.05, 3.63) is 0 Å². The van der Waals surface area contributed by atoms with Gasteiger partial charge in [-0.05, 0) is 0 Å². The van der Waals surface area contributed by atoms with Gasteiger partial charge in [-0.15, -0.1) is 0 Å². The molecule has 3 N–H and O–H groups in total. The van der Waals surface area contributed by atoms with Crippen LogP contribution in [-0.4, -0.2) is 73.5 Å². The lowest BCUT2D eigenvalue weighted by atomic mass is 10.4. The first-order chi connectivity index (χ1) is 10.4. The average molecular weight is 305 g/mol. The van der Waals surface area contributed by atoms with Crippen LogP contribution in [0.1, 0.15) is 0 Å². The van der Waals surface area contributed by atoms with Crippen molar-refractivity contribution >= 4 is 53.3 Å². The van der Waals surface area contributed by atoms with Gasteiger partial charge in [0.1, 0.15) is 0 Å². The maximum absolute atomic E-state index is 11.0. The number of aliphatic carboxylic acids is 3. The average Bonchev–Trinajstić information content (AvgIpc) is 2.46. The highest BCUT2D eigenvalue weighted by molar-refractivity contribution is 6.49. The Morgan fingerprint density at radius 2 is 0.864 bits per heavy atom. The Hall–Kier alpha value is -3.77. The molecule has 3 heterocycles. The van der Waals surface area contributed by atoms with Gasteiger partial charge in [0, 0.05) is 0 Å². The minimum atomic E-state index is -1.52. The van der Waals surface area contributed by atoms with Gasteiger partial charge in [0.25, 0.3) is 0 Å². The second-order valence-electron chi connectivity index (χ2n) is 3.79. The van der Waals surface area contributed by atoms with Crippen molar-refractivity contribution in [2.24, 2.45) is 30.0 Å². The topological polar surface area (TPSA) is 189 Å². The third-order valence-electron chi connectivity index (χ3n) is 2.41. The number of rotatable bonds is 3. The number of hydrogen-bond acceptors (Lipinski definition) is 10. The van der Waals surface area contributed by atoms with Crippen molar-refractivity contribution in [2.75, 3.05) is 0 Å². The summed E-state index contributed by atoms with van der Waals surface area (Å²) in [6, 6.07) is 0. The van der Waals surface area contributed by atoms with E-state index in [2.05, 4.69) is 30.0 Å². The molecule has 110 valence electrons. The minimum Gasteiger partial charge on any atom is -0.475 e. The number of nitrogens with zero attached hydrogens (tertiary/aromatic N) is 7. The molecule has 0 saturated heterocycles. The number of amidine groups is 3. The van der Waals surface area contributed by atoms with Gasteiger partial charge >= 0.3 is 17.9 Å². The van der Waals surface area contributed by atoms with Gasteiger partial charge in [-0.25, -0.2) is 19.3 Å². The zero-order valence-electron chi connectivity index (χ0n) is 10.2. The van der Waals surface area contributed by atoms with Gasteiger partial charge < -0.3 is 15.3 Å². The second kappa shape index (κ2) is 4.37. The van der Waals surface area contributed by atoms with E-state index < -0.39 is 35.4 Å². The molecule has 0 amide bonds. The summed E-state index contributed by atoms with van der Waals surface area (Å²) in [6.45, 7) is 0. The molecule has 3 aliphatic heterocycles. The van der Waals surface area contributed by atoms with Gasteiger partial charge in [0.05, 0.1) is 0 Å². The molecule has 3 aliphatic rings. The van der Waals surface area contributed by atoms with Crippen LogP contribution in [0, 0.1) is 0 Å². The highest BCUT2D eigenvalue weighted by atomic mass is 16.4. The van der Waals surface area contributed by atoms with Gasteiger partial charge in [0.2, 0.25) is 35.4 Å². The quantitative estimate of drug-likeness (QED) is 0.529. The Kier molecular flexibility index (Phi) is 2.63. The fourth-order valence-electron chi connectivity index (χ4n) is 1.57. The molecule has 0 radical (unpaired) electrons. The van der Waals surface area contributed by atoms with E-state index in [-0.39, 0.29) is 17.9 Å². The van der Waals surface area contributed by atoms with Crippen LogP contribution >= 0.6 is 0 Å². The number of aliphatic imine (C=N–C) groups is 6. The highest BCUT2D eigenvalue weighted by Crippen LogP contribution is 2.17. The molecule has 0 aromatic rings. The number of guanidine groups is 3. The lowest BCUT2D eigenvalue weighted by molar-refractivity contribution is -0.130. The monoisotopic (exact) mass is 305 g/mol. The van der Waals surface area contributed by atoms with Crippen LogP contribution in [0.4, 0.5) is 0 Å². The third kappa shape index (κ3) is 1.92.